The Hall–Kier alpha value is -2.25. The van der Waals surface area contributed by atoms with E-state index in [1.54, 1.807) is 6.33 Å². The van der Waals surface area contributed by atoms with E-state index in [9.17, 15) is 9.90 Å². The number of aromatic nitrogens is 3. The van der Waals surface area contributed by atoms with Crippen LogP contribution in [-0.2, 0) is 24.8 Å². The van der Waals surface area contributed by atoms with E-state index < -0.39 is 5.60 Å². The van der Waals surface area contributed by atoms with Crippen molar-refractivity contribution < 1.29 is 9.90 Å². The fraction of sp³-hybridized carbons (Fsp3) is 0.526. The number of hydrogen-bond acceptors (Lipinski definition) is 5. The molecule has 1 amide bonds. The van der Waals surface area contributed by atoms with Crippen molar-refractivity contribution in [3.05, 3.63) is 48.0 Å². The van der Waals surface area contributed by atoms with Gasteiger partial charge < -0.3 is 15.0 Å². The zero-order chi connectivity index (χ0) is 18.4. The minimum absolute atomic E-state index is 0.115. The number of amides is 1. The molecule has 140 valence electrons. The number of aliphatic hydroxyl groups is 1. The quantitative estimate of drug-likeness (QED) is 0.769. The molecule has 1 aliphatic heterocycles. The summed E-state index contributed by atoms with van der Waals surface area (Å²) < 4.78 is 1.84. The van der Waals surface area contributed by atoms with E-state index in [1.807, 2.05) is 29.8 Å². The van der Waals surface area contributed by atoms with Gasteiger partial charge in [-0.3, -0.25) is 9.69 Å². The first-order valence-electron chi connectivity index (χ1n) is 9.12. The van der Waals surface area contributed by atoms with Crippen molar-refractivity contribution in [2.24, 2.45) is 7.05 Å². The Morgan fingerprint density at radius 2 is 2.15 bits per heavy atom. The topological polar surface area (TPSA) is 83.3 Å². The van der Waals surface area contributed by atoms with Gasteiger partial charge in [0.05, 0.1) is 12.0 Å². The molecule has 1 aliphatic rings. The van der Waals surface area contributed by atoms with E-state index in [2.05, 4.69) is 32.5 Å². The Kier molecular flexibility index (Phi) is 6.00. The maximum atomic E-state index is 12.3. The molecule has 1 unspecified atom stereocenters. The van der Waals surface area contributed by atoms with Crippen molar-refractivity contribution >= 4 is 5.91 Å². The van der Waals surface area contributed by atoms with E-state index >= 15 is 0 Å². The number of piperidine rings is 1. The van der Waals surface area contributed by atoms with Gasteiger partial charge in [-0.2, -0.15) is 0 Å². The Morgan fingerprint density at radius 3 is 2.88 bits per heavy atom. The van der Waals surface area contributed by atoms with Crippen LogP contribution in [0.2, 0.25) is 0 Å². The summed E-state index contributed by atoms with van der Waals surface area (Å²) in [6.07, 6.45) is 3.96. The van der Waals surface area contributed by atoms with Crippen molar-refractivity contribution in [2.45, 2.75) is 37.8 Å². The average Bonchev–Trinajstić information content (AvgIpc) is 3.00. The normalized spacial score (nSPS) is 20.8. The molecule has 1 atom stereocenters. The molecule has 1 saturated heterocycles. The van der Waals surface area contributed by atoms with Crippen molar-refractivity contribution in [3.63, 3.8) is 0 Å². The highest BCUT2D eigenvalue weighted by Crippen LogP contribution is 2.25. The van der Waals surface area contributed by atoms with Gasteiger partial charge in [-0.1, -0.05) is 30.3 Å². The average molecular weight is 357 g/mol. The second kappa shape index (κ2) is 8.42. The van der Waals surface area contributed by atoms with Crippen LogP contribution in [0.15, 0.2) is 36.7 Å². The van der Waals surface area contributed by atoms with Gasteiger partial charge in [-0.15, -0.1) is 10.2 Å². The molecule has 2 aromatic rings. The number of hydrogen-bond donors (Lipinski definition) is 2. The molecule has 1 aromatic heterocycles. The molecule has 0 bridgehead atoms. The second-order valence-electron chi connectivity index (χ2n) is 7.16. The van der Waals surface area contributed by atoms with Gasteiger partial charge >= 0.3 is 0 Å². The van der Waals surface area contributed by atoms with Crippen LogP contribution < -0.4 is 5.32 Å². The van der Waals surface area contributed by atoms with Crippen LogP contribution in [0, 0.1) is 0 Å². The molecule has 0 spiro atoms. The van der Waals surface area contributed by atoms with Gasteiger partial charge in [0.15, 0.2) is 0 Å². The molecule has 3 rings (SSSR count). The number of carbonyl (C=O) groups excluding carboxylic acids is 1. The first kappa shape index (κ1) is 18.5. The van der Waals surface area contributed by atoms with Crippen LogP contribution in [-0.4, -0.2) is 55.9 Å². The Morgan fingerprint density at radius 1 is 1.35 bits per heavy atom. The molecule has 26 heavy (non-hydrogen) atoms. The number of β-amino-alcohol motifs (C(OH)–C–C–N with tert-alkyl or cyclic N) is 1. The Bertz CT molecular complexity index is 718. The lowest BCUT2D eigenvalue weighted by atomic mass is 9.89. The van der Waals surface area contributed by atoms with Gasteiger partial charge in [0.2, 0.25) is 5.91 Å². The molecule has 7 nitrogen and oxygen atoms in total. The highest BCUT2D eigenvalue weighted by molar-refractivity contribution is 5.77. The SMILES string of the molecule is Cn1cnnc1CCNC(=O)CC1(O)CCCN(Cc2ccccc2)C1. The van der Waals surface area contributed by atoms with Crippen LogP contribution >= 0.6 is 0 Å². The molecular formula is C19H27N5O2. The third-order valence-electron chi connectivity index (χ3n) is 4.85. The molecule has 0 radical (unpaired) electrons. The molecule has 7 heteroatoms. The molecule has 0 saturated carbocycles. The number of nitrogens with one attached hydrogen (secondary N) is 1. The molecular weight excluding hydrogens is 330 g/mol. The predicted octanol–water partition coefficient (Wildman–Crippen LogP) is 0.891. The number of aryl methyl sites for hydroxylation is 1. The molecule has 1 aromatic carbocycles. The van der Waals surface area contributed by atoms with Gasteiger partial charge in [-0.25, -0.2) is 0 Å². The zero-order valence-electron chi connectivity index (χ0n) is 15.3. The largest absolute Gasteiger partial charge is 0.388 e. The van der Waals surface area contributed by atoms with Gasteiger partial charge in [0, 0.05) is 33.1 Å². The summed E-state index contributed by atoms with van der Waals surface area (Å²) in [5, 5.41) is 21.6. The maximum Gasteiger partial charge on any atom is 0.222 e. The minimum atomic E-state index is -0.956. The summed E-state index contributed by atoms with van der Waals surface area (Å²) in [4.78, 5) is 14.5. The van der Waals surface area contributed by atoms with Gasteiger partial charge in [-0.05, 0) is 24.9 Å². The monoisotopic (exact) mass is 357 g/mol. The summed E-state index contributed by atoms with van der Waals surface area (Å²) in [5.74, 6) is 0.715. The number of nitrogens with zero attached hydrogens (tertiary/aromatic N) is 4. The third-order valence-corrected chi connectivity index (χ3v) is 4.85. The van der Waals surface area contributed by atoms with Crippen LogP contribution in [0.25, 0.3) is 0 Å². The number of benzene rings is 1. The second-order valence-corrected chi connectivity index (χ2v) is 7.16. The lowest BCUT2D eigenvalue weighted by molar-refractivity contribution is -0.128. The summed E-state index contributed by atoms with van der Waals surface area (Å²) in [6, 6.07) is 10.2. The smallest absolute Gasteiger partial charge is 0.222 e. The lowest BCUT2D eigenvalue weighted by Crippen LogP contribution is -2.50. The highest BCUT2D eigenvalue weighted by Gasteiger charge is 2.35. The lowest BCUT2D eigenvalue weighted by Gasteiger charge is -2.39. The summed E-state index contributed by atoms with van der Waals surface area (Å²) in [6.45, 7) is 2.77. The van der Waals surface area contributed by atoms with Crippen LogP contribution in [0.1, 0.15) is 30.7 Å². The molecule has 1 fully saturated rings. The number of carbonyl (C=O) groups is 1. The van der Waals surface area contributed by atoms with Gasteiger partial charge in [0.1, 0.15) is 12.2 Å². The standard InChI is InChI=1S/C19H27N5O2/c1-23-15-21-22-17(23)8-10-20-18(25)12-19(26)9-5-11-24(14-19)13-16-6-3-2-4-7-16/h2-4,6-7,15,26H,5,8-14H2,1H3,(H,20,25). The van der Waals surface area contributed by atoms with E-state index in [0.717, 1.165) is 25.3 Å². The predicted molar refractivity (Wildman–Crippen MR) is 98.2 cm³/mol. The molecule has 2 heterocycles. The summed E-state index contributed by atoms with van der Waals surface area (Å²) in [5.41, 5.74) is 0.270. The Balaban J connectivity index is 1.46. The first-order valence-corrected chi connectivity index (χ1v) is 9.12. The van der Waals surface area contributed by atoms with Crippen molar-refractivity contribution in [2.75, 3.05) is 19.6 Å². The van der Waals surface area contributed by atoms with E-state index in [0.29, 0.717) is 25.9 Å². The number of rotatable bonds is 7. The van der Waals surface area contributed by atoms with Gasteiger partial charge in [0.25, 0.3) is 0 Å². The molecule has 0 aliphatic carbocycles. The van der Waals surface area contributed by atoms with Crippen LogP contribution in [0.5, 0.6) is 0 Å². The highest BCUT2D eigenvalue weighted by atomic mass is 16.3. The molecule has 2 N–H and O–H groups in total. The Labute approximate surface area is 154 Å². The third kappa shape index (κ3) is 5.12. The zero-order valence-corrected chi connectivity index (χ0v) is 15.3. The summed E-state index contributed by atoms with van der Waals surface area (Å²) in [7, 11) is 1.88. The van der Waals surface area contributed by atoms with E-state index in [4.69, 9.17) is 0 Å². The minimum Gasteiger partial charge on any atom is -0.388 e. The maximum absolute atomic E-state index is 12.3. The first-order chi connectivity index (χ1) is 12.5. The number of likely N-dealkylation sites (tertiary alicyclic amines) is 1. The fourth-order valence-corrected chi connectivity index (χ4v) is 3.54. The van der Waals surface area contributed by atoms with Crippen LogP contribution in [0.4, 0.5) is 0 Å². The summed E-state index contributed by atoms with van der Waals surface area (Å²) >= 11 is 0. The van der Waals surface area contributed by atoms with Crippen molar-refractivity contribution in [1.82, 2.24) is 25.0 Å². The van der Waals surface area contributed by atoms with Crippen LogP contribution in [0.3, 0.4) is 0 Å². The van der Waals surface area contributed by atoms with Crippen molar-refractivity contribution in [1.29, 1.82) is 0 Å². The fourth-order valence-electron chi connectivity index (χ4n) is 3.54. The van der Waals surface area contributed by atoms with E-state index in [-0.39, 0.29) is 12.3 Å². The van der Waals surface area contributed by atoms with Crippen molar-refractivity contribution in [3.8, 4) is 0 Å². The van der Waals surface area contributed by atoms with E-state index in [1.165, 1.54) is 5.56 Å².